The molecule has 0 aromatic rings. The van der Waals surface area contributed by atoms with Crippen molar-refractivity contribution in [1.29, 1.82) is 0 Å². The van der Waals surface area contributed by atoms with Crippen LogP contribution in [0.5, 0.6) is 0 Å². The van der Waals surface area contributed by atoms with Crippen molar-refractivity contribution in [1.82, 2.24) is 0 Å². The number of Topliss-reactive ketones (excluding diaryl/α,β-unsaturated/α-hetero) is 1. The van der Waals surface area contributed by atoms with Gasteiger partial charge in [-0.05, 0) is 99.2 Å². The van der Waals surface area contributed by atoms with Crippen molar-refractivity contribution in [2.45, 2.75) is 84.2 Å². The van der Waals surface area contributed by atoms with Gasteiger partial charge in [0, 0.05) is 13.0 Å². The van der Waals surface area contributed by atoms with Crippen molar-refractivity contribution in [3.63, 3.8) is 0 Å². The lowest BCUT2D eigenvalue weighted by atomic mass is 9.44. The summed E-state index contributed by atoms with van der Waals surface area (Å²) in [6, 6.07) is 0. The van der Waals surface area contributed by atoms with E-state index >= 15 is 0 Å². The average Bonchev–Trinajstić information content (AvgIpc) is 2.93. The second kappa shape index (κ2) is 6.30. The van der Waals surface area contributed by atoms with E-state index in [1.54, 1.807) is 7.11 Å². The molecule has 1 N–H and O–H groups in total. The maximum absolute atomic E-state index is 12.3. The third-order valence-corrected chi connectivity index (χ3v) is 9.72. The third kappa shape index (κ3) is 2.64. The van der Waals surface area contributed by atoms with Gasteiger partial charge in [0.1, 0.15) is 5.78 Å². The van der Waals surface area contributed by atoms with Crippen LogP contribution in [-0.2, 0) is 9.53 Å². The number of rotatable bonds is 3. The highest BCUT2D eigenvalue weighted by atomic mass is 16.5. The minimum Gasteiger partial charge on any atom is -0.387 e. The smallest absolute Gasteiger partial charge is 0.133 e. The Morgan fingerprint density at radius 2 is 1.73 bits per heavy atom. The van der Waals surface area contributed by atoms with Crippen LogP contribution in [0.2, 0.25) is 0 Å². The Morgan fingerprint density at radius 3 is 2.42 bits per heavy atom. The summed E-state index contributed by atoms with van der Waals surface area (Å²) >= 11 is 0. The van der Waals surface area contributed by atoms with Crippen molar-refractivity contribution in [2.75, 3.05) is 13.7 Å². The van der Waals surface area contributed by atoms with Gasteiger partial charge in [0.2, 0.25) is 0 Å². The maximum Gasteiger partial charge on any atom is 0.133 e. The van der Waals surface area contributed by atoms with E-state index in [2.05, 4.69) is 13.8 Å². The van der Waals surface area contributed by atoms with Crippen LogP contribution < -0.4 is 0 Å². The molecule has 0 saturated heterocycles. The Morgan fingerprint density at radius 1 is 1.00 bits per heavy atom. The number of ketones is 1. The van der Waals surface area contributed by atoms with Crippen LogP contribution >= 0.6 is 0 Å². The lowest BCUT2D eigenvalue weighted by Crippen LogP contribution is -2.56. The number of ether oxygens (including phenoxy) is 1. The fourth-order valence-electron chi connectivity index (χ4n) is 8.39. The molecule has 4 fully saturated rings. The number of carbonyl (C=O) groups is 1. The minimum atomic E-state index is -0.609. The molecule has 0 bridgehead atoms. The molecule has 4 saturated carbocycles. The number of hydrogen-bond acceptors (Lipinski definition) is 3. The number of hydrogen-bond donors (Lipinski definition) is 1. The number of carbonyl (C=O) groups excluding carboxylic acids is 1. The monoisotopic (exact) mass is 362 g/mol. The largest absolute Gasteiger partial charge is 0.387 e. The molecule has 3 nitrogen and oxygen atoms in total. The zero-order chi connectivity index (χ0) is 18.7. The molecular formula is C23H38O3. The lowest BCUT2D eigenvalue weighted by molar-refractivity contribution is -0.163. The van der Waals surface area contributed by atoms with Crippen LogP contribution in [0.25, 0.3) is 0 Å². The van der Waals surface area contributed by atoms with Gasteiger partial charge >= 0.3 is 0 Å². The van der Waals surface area contributed by atoms with E-state index in [9.17, 15) is 9.90 Å². The fourth-order valence-corrected chi connectivity index (χ4v) is 8.39. The molecule has 148 valence electrons. The van der Waals surface area contributed by atoms with Crippen molar-refractivity contribution >= 4 is 5.78 Å². The van der Waals surface area contributed by atoms with E-state index in [0.29, 0.717) is 29.6 Å². The molecule has 4 aliphatic carbocycles. The second-order valence-electron chi connectivity index (χ2n) is 10.8. The molecule has 4 aliphatic rings. The Hall–Kier alpha value is -0.410. The Bertz CT molecular complexity index is 574. The SMILES string of the molecule is COC[C@@]1(O)CC[C@@]2(C)C(CC[C@H]3[C@@H]4CC[C@H](C(C)=O)[C@@]4(C)CC[C@@H]32)C1. The summed E-state index contributed by atoms with van der Waals surface area (Å²) in [4.78, 5) is 12.3. The van der Waals surface area contributed by atoms with Crippen molar-refractivity contribution < 1.29 is 14.6 Å². The van der Waals surface area contributed by atoms with Crippen LogP contribution in [0.15, 0.2) is 0 Å². The van der Waals surface area contributed by atoms with Gasteiger partial charge in [-0.2, -0.15) is 0 Å². The van der Waals surface area contributed by atoms with Gasteiger partial charge in [-0.15, -0.1) is 0 Å². The summed E-state index contributed by atoms with van der Waals surface area (Å²) in [6.45, 7) is 7.26. The number of aliphatic hydroxyl groups is 1. The Kier molecular flexibility index (Phi) is 4.59. The molecule has 4 rings (SSSR count). The van der Waals surface area contributed by atoms with Crippen molar-refractivity contribution in [3.05, 3.63) is 0 Å². The first kappa shape index (κ1) is 18.9. The van der Waals surface area contributed by atoms with Crippen LogP contribution in [0.3, 0.4) is 0 Å². The molecular weight excluding hydrogens is 324 g/mol. The summed E-state index contributed by atoms with van der Waals surface area (Å²) in [5.74, 6) is 3.69. The molecule has 0 aromatic heterocycles. The third-order valence-electron chi connectivity index (χ3n) is 9.72. The minimum absolute atomic E-state index is 0.252. The van der Waals surface area contributed by atoms with E-state index in [1.807, 2.05) is 6.92 Å². The van der Waals surface area contributed by atoms with Crippen LogP contribution in [0.4, 0.5) is 0 Å². The van der Waals surface area contributed by atoms with Crippen LogP contribution in [0, 0.1) is 40.4 Å². The molecule has 0 heterocycles. The van der Waals surface area contributed by atoms with Gasteiger partial charge in [0.15, 0.2) is 0 Å². The summed E-state index contributed by atoms with van der Waals surface area (Å²) < 4.78 is 5.33. The summed E-state index contributed by atoms with van der Waals surface area (Å²) in [5, 5.41) is 10.9. The summed E-state index contributed by atoms with van der Waals surface area (Å²) in [5.41, 5.74) is 0.0161. The van der Waals surface area contributed by atoms with Gasteiger partial charge in [-0.25, -0.2) is 0 Å². The maximum atomic E-state index is 12.3. The fraction of sp³-hybridized carbons (Fsp3) is 0.957. The summed E-state index contributed by atoms with van der Waals surface area (Å²) in [7, 11) is 1.70. The molecule has 8 atom stereocenters. The first-order valence-electron chi connectivity index (χ1n) is 11.0. The van der Waals surface area contributed by atoms with E-state index in [1.165, 1.54) is 32.1 Å². The Labute approximate surface area is 159 Å². The van der Waals surface area contributed by atoms with Crippen molar-refractivity contribution in [3.8, 4) is 0 Å². The van der Waals surface area contributed by atoms with E-state index in [-0.39, 0.29) is 5.41 Å². The van der Waals surface area contributed by atoms with Gasteiger partial charge in [0.05, 0.1) is 12.2 Å². The van der Waals surface area contributed by atoms with Crippen LogP contribution in [-0.4, -0.2) is 30.2 Å². The normalized spacial score (nSPS) is 53.5. The molecule has 0 spiro atoms. The van der Waals surface area contributed by atoms with Gasteiger partial charge in [0.25, 0.3) is 0 Å². The highest BCUT2D eigenvalue weighted by Crippen LogP contribution is 2.68. The highest BCUT2D eigenvalue weighted by Gasteiger charge is 2.61. The topological polar surface area (TPSA) is 46.5 Å². The molecule has 0 aromatic carbocycles. The number of methoxy groups -OCH3 is 1. The van der Waals surface area contributed by atoms with Gasteiger partial charge < -0.3 is 9.84 Å². The van der Waals surface area contributed by atoms with E-state index in [0.717, 1.165) is 43.4 Å². The first-order chi connectivity index (χ1) is 12.2. The average molecular weight is 363 g/mol. The quantitative estimate of drug-likeness (QED) is 0.797. The zero-order valence-electron chi connectivity index (χ0n) is 17.2. The first-order valence-corrected chi connectivity index (χ1v) is 11.0. The predicted molar refractivity (Wildman–Crippen MR) is 103 cm³/mol. The Balaban J connectivity index is 1.56. The molecule has 1 unspecified atom stereocenters. The number of fused-ring (bicyclic) bond motifs is 5. The summed E-state index contributed by atoms with van der Waals surface area (Å²) in [6.07, 6.45) is 10.4. The van der Waals surface area contributed by atoms with E-state index in [4.69, 9.17) is 4.74 Å². The van der Waals surface area contributed by atoms with Gasteiger partial charge in [-0.3, -0.25) is 4.79 Å². The molecule has 0 aliphatic heterocycles. The molecule has 0 radical (unpaired) electrons. The van der Waals surface area contributed by atoms with Crippen molar-refractivity contribution in [2.24, 2.45) is 40.4 Å². The predicted octanol–water partition coefficient (Wildman–Crippen LogP) is 4.61. The standard InChI is InChI=1S/C23H38O3/c1-15(24)18-7-8-19-17-6-5-16-13-23(25,14-26-4)12-11-21(16,2)20(17)9-10-22(18,19)3/h16-20,25H,5-14H2,1-4H3/t16?,17-,18+,19-,20-,21-,22+,23+/m0/s1. The van der Waals surface area contributed by atoms with E-state index < -0.39 is 5.60 Å². The highest BCUT2D eigenvalue weighted by molar-refractivity contribution is 5.79. The van der Waals surface area contributed by atoms with Gasteiger partial charge in [-0.1, -0.05) is 13.8 Å². The molecule has 0 amide bonds. The second-order valence-corrected chi connectivity index (χ2v) is 10.8. The van der Waals surface area contributed by atoms with Crippen LogP contribution in [0.1, 0.15) is 78.6 Å². The molecule has 26 heavy (non-hydrogen) atoms. The zero-order valence-corrected chi connectivity index (χ0v) is 17.2. The lowest BCUT2D eigenvalue weighted by Gasteiger charge is -2.62. The molecule has 3 heteroatoms.